The number of carbonyl (C=O) groups excluding carboxylic acids is 1. The summed E-state index contributed by atoms with van der Waals surface area (Å²) in [5.74, 6) is -3.23. The lowest BCUT2D eigenvalue weighted by Crippen LogP contribution is -2.55. The SMILES string of the molecule is CC1CCC2(CC1)OC[C@H](C(=O)O)N2C(=O)c1cc(F)ccc1F. The van der Waals surface area contributed by atoms with Crippen LogP contribution >= 0.6 is 0 Å². The number of halogens is 2. The molecule has 3 rings (SSSR count). The predicted molar refractivity (Wildman–Crippen MR) is 80.3 cm³/mol. The summed E-state index contributed by atoms with van der Waals surface area (Å²) in [7, 11) is 0. The molecule has 130 valence electrons. The Hall–Kier alpha value is -2.02. The Kier molecular flexibility index (Phi) is 4.29. The van der Waals surface area contributed by atoms with Crippen LogP contribution in [0.3, 0.4) is 0 Å². The summed E-state index contributed by atoms with van der Waals surface area (Å²) in [6, 6.07) is 1.38. The van der Waals surface area contributed by atoms with Crippen LogP contribution in [0.25, 0.3) is 0 Å². The average molecular weight is 339 g/mol. The Morgan fingerprint density at radius 3 is 2.58 bits per heavy atom. The van der Waals surface area contributed by atoms with Crippen LogP contribution in [-0.4, -0.2) is 40.3 Å². The molecule has 1 aromatic rings. The summed E-state index contributed by atoms with van der Waals surface area (Å²) < 4.78 is 33.2. The van der Waals surface area contributed by atoms with Gasteiger partial charge in [-0.05, 0) is 49.8 Å². The minimum atomic E-state index is -1.21. The molecule has 1 N–H and O–H groups in total. The van der Waals surface area contributed by atoms with Crippen LogP contribution in [0.4, 0.5) is 8.78 Å². The molecule has 24 heavy (non-hydrogen) atoms. The standard InChI is InChI=1S/C17H19F2NO4/c1-10-4-6-17(7-5-10)20(14(9-24-17)16(22)23)15(21)12-8-11(18)2-3-13(12)19/h2-3,8,10,14H,4-7,9H2,1H3,(H,22,23)/t10?,14-,17?/m1/s1. The van der Waals surface area contributed by atoms with Crippen LogP contribution in [0, 0.1) is 17.6 Å². The highest BCUT2D eigenvalue weighted by Crippen LogP contribution is 2.43. The third-order valence-corrected chi connectivity index (χ3v) is 4.98. The molecule has 1 aliphatic carbocycles. The highest BCUT2D eigenvalue weighted by atomic mass is 19.1. The first-order valence-electron chi connectivity index (χ1n) is 7.99. The topological polar surface area (TPSA) is 66.8 Å². The Bertz CT molecular complexity index is 671. The van der Waals surface area contributed by atoms with Crippen LogP contribution in [0.15, 0.2) is 18.2 Å². The van der Waals surface area contributed by atoms with Gasteiger partial charge in [0.25, 0.3) is 5.91 Å². The minimum absolute atomic E-state index is 0.146. The Morgan fingerprint density at radius 2 is 1.96 bits per heavy atom. The van der Waals surface area contributed by atoms with Crippen molar-refractivity contribution in [2.75, 3.05) is 6.61 Å². The monoisotopic (exact) mass is 339 g/mol. The van der Waals surface area contributed by atoms with Crippen molar-refractivity contribution < 1.29 is 28.2 Å². The molecule has 2 fully saturated rings. The first-order valence-corrected chi connectivity index (χ1v) is 7.99. The molecular formula is C17H19F2NO4. The fourth-order valence-electron chi connectivity index (χ4n) is 3.56. The van der Waals surface area contributed by atoms with Gasteiger partial charge in [0.1, 0.15) is 17.4 Å². The van der Waals surface area contributed by atoms with Gasteiger partial charge in [-0.3, -0.25) is 9.69 Å². The van der Waals surface area contributed by atoms with Crippen molar-refractivity contribution in [2.45, 2.75) is 44.4 Å². The number of amides is 1. The second-order valence-electron chi connectivity index (χ2n) is 6.59. The number of aliphatic carboxylic acids is 1. The maximum atomic E-state index is 14.0. The average Bonchev–Trinajstić information content (AvgIpc) is 2.91. The summed E-state index contributed by atoms with van der Waals surface area (Å²) in [4.78, 5) is 25.5. The summed E-state index contributed by atoms with van der Waals surface area (Å²) in [5, 5.41) is 9.43. The lowest BCUT2D eigenvalue weighted by atomic mass is 9.83. The largest absolute Gasteiger partial charge is 0.480 e. The quantitative estimate of drug-likeness (QED) is 0.900. The number of hydrogen-bond donors (Lipinski definition) is 1. The molecule has 1 saturated carbocycles. The highest BCUT2D eigenvalue weighted by Gasteiger charge is 2.54. The molecule has 2 aliphatic rings. The second-order valence-corrected chi connectivity index (χ2v) is 6.59. The smallest absolute Gasteiger partial charge is 0.328 e. The fraction of sp³-hybridized carbons (Fsp3) is 0.529. The lowest BCUT2D eigenvalue weighted by molar-refractivity contribution is -0.143. The van der Waals surface area contributed by atoms with Crippen LogP contribution in [0.1, 0.15) is 43.0 Å². The molecule has 1 aliphatic heterocycles. The molecule has 0 unspecified atom stereocenters. The van der Waals surface area contributed by atoms with Crippen molar-refractivity contribution in [3.05, 3.63) is 35.4 Å². The van der Waals surface area contributed by atoms with Gasteiger partial charge in [0.15, 0.2) is 6.04 Å². The van der Waals surface area contributed by atoms with Crippen molar-refractivity contribution in [3.63, 3.8) is 0 Å². The third kappa shape index (κ3) is 2.77. The van der Waals surface area contributed by atoms with Gasteiger partial charge < -0.3 is 9.84 Å². The van der Waals surface area contributed by atoms with Crippen LogP contribution in [-0.2, 0) is 9.53 Å². The van der Waals surface area contributed by atoms with Crippen molar-refractivity contribution in [3.8, 4) is 0 Å². The minimum Gasteiger partial charge on any atom is -0.480 e. The van der Waals surface area contributed by atoms with Gasteiger partial charge in [-0.25, -0.2) is 13.6 Å². The number of benzene rings is 1. The van der Waals surface area contributed by atoms with Crippen LogP contribution in [0.2, 0.25) is 0 Å². The molecule has 1 spiro atoms. The Morgan fingerprint density at radius 1 is 1.29 bits per heavy atom. The number of carboxylic acid groups (broad SMARTS) is 1. The van der Waals surface area contributed by atoms with Gasteiger partial charge in [-0.15, -0.1) is 0 Å². The van der Waals surface area contributed by atoms with Crippen LogP contribution in [0.5, 0.6) is 0 Å². The number of ether oxygens (including phenoxy) is 1. The van der Waals surface area contributed by atoms with Gasteiger partial charge in [0.2, 0.25) is 0 Å². The van der Waals surface area contributed by atoms with Crippen molar-refractivity contribution >= 4 is 11.9 Å². The third-order valence-electron chi connectivity index (χ3n) is 4.98. The van der Waals surface area contributed by atoms with E-state index in [0.29, 0.717) is 18.8 Å². The summed E-state index contributed by atoms with van der Waals surface area (Å²) in [6.07, 6.45) is 2.53. The first kappa shape index (κ1) is 16.8. The zero-order valence-corrected chi connectivity index (χ0v) is 13.3. The van der Waals surface area contributed by atoms with E-state index in [1.165, 1.54) is 0 Å². The fourth-order valence-corrected chi connectivity index (χ4v) is 3.56. The summed E-state index contributed by atoms with van der Waals surface area (Å²) in [6.45, 7) is 1.93. The highest BCUT2D eigenvalue weighted by molar-refractivity contribution is 5.97. The molecule has 0 bridgehead atoms. The first-order chi connectivity index (χ1) is 11.3. The zero-order valence-electron chi connectivity index (χ0n) is 13.3. The zero-order chi connectivity index (χ0) is 17.5. The Labute approximate surface area is 138 Å². The van der Waals surface area contributed by atoms with E-state index in [9.17, 15) is 23.5 Å². The van der Waals surface area contributed by atoms with E-state index in [-0.39, 0.29) is 6.61 Å². The van der Waals surface area contributed by atoms with Gasteiger partial charge in [0.05, 0.1) is 12.2 Å². The van der Waals surface area contributed by atoms with E-state index in [2.05, 4.69) is 6.92 Å². The van der Waals surface area contributed by atoms with E-state index in [4.69, 9.17) is 4.74 Å². The summed E-state index contributed by atoms with van der Waals surface area (Å²) in [5.41, 5.74) is -1.52. The van der Waals surface area contributed by atoms with E-state index >= 15 is 0 Å². The Balaban J connectivity index is 2.00. The molecule has 1 aromatic carbocycles. The van der Waals surface area contributed by atoms with Gasteiger partial charge in [-0.1, -0.05) is 6.92 Å². The van der Waals surface area contributed by atoms with E-state index in [1.54, 1.807) is 0 Å². The molecule has 7 heteroatoms. The number of carbonyl (C=O) groups is 2. The molecule has 1 saturated heterocycles. The van der Waals surface area contributed by atoms with Crippen molar-refractivity contribution in [1.82, 2.24) is 4.90 Å². The molecule has 1 atom stereocenters. The maximum Gasteiger partial charge on any atom is 0.328 e. The van der Waals surface area contributed by atoms with Crippen molar-refractivity contribution in [2.24, 2.45) is 5.92 Å². The van der Waals surface area contributed by atoms with Crippen LogP contribution < -0.4 is 0 Å². The van der Waals surface area contributed by atoms with E-state index in [0.717, 1.165) is 35.9 Å². The number of nitrogens with zero attached hydrogens (tertiary/aromatic N) is 1. The van der Waals surface area contributed by atoms with Gasteiger partial charge in [0, 0.05) is 0 Å². The molecule has 1 amide bonds. The molecule has 1 heterocycles. The summed E-state index contributed by atoms with van der Waals surface area (Å²) >= 11 is 0. The predicted octanol–water partition coefficient (Wildman–Crippen LogP) is 2.80. The second kappa shape index (κ2) is 6.12. The van der Waals surface area contributed by atoms with E-state index in [1.807, 2.05) is 0 Å². The number of carboxylic acids is 1. The molecular weight excluding hydrogens is 320 g/mol. The van der Waals surface area contributed by atoms with Gasteiger partial charge >= 0.3 is 5.97 Å². The van der Waals surface area contributed by atoms with E-state index < -0.39 is 40.8 Å². The maximum absolute atomic E-state index is 14.0. The van der Waals surface area contributed by atoms with Crippen molar-refractivity contribution in [1.29, 1.82) is 0 Å². The normalized spacial score (nSPS) is 29.9. The number of hydrogen-bond acceptors (Lipinski definition) is 3. The van der Waals surface area contributed by atoms with Gasteiger partial charge in [-0.2, -0.15) is 0 Å². The lowest BCUT2D eigenvalue weighted by Gasteiger charge is -2.42. The molecule has 5 nitrogen and oxygen atoms in total. The number of rotatable bonds is 2. The molecule has 0 aromatic heterocycles. The molecule has 0 radical (unpaired) electrons.